The van der Waals surface area contributed by atoms with Gasteiger partial charge in [0.15, 0.2) is 0 Å². The van der Waals surface area contributed by atoms with Crippen molar-refractivity contribution in [3.63, 3.8) is 0 Å². The number of para-hydroxylation sites is 1. The molecule has 0 radical (unpaired) electrons. The summed E-state index contributed by atoms with van der Waals surface area (Å²) in [6.45, 7) is 2.20. The summed E-state index contributed by atoms with van der Waals surface area (Å²) in [4.78, 5) is 25.1. The Morgan fingerprint density at radius 1 is 1.32 bits per heavy atom. The lowest BCUT2D eigenvalue weighted by Gasteiger charge is -2.27. The molecule has 1 aliphatic heterocycles. The molecular weight excluding hydrogens is 260 g/mol. The molecule has 0 fully saturated rings. The van der Waals surface area contributed by atoms with Crippen LogP contribution in [0.3, 0.4) is 0 Å². The molecule has 5 heteroatoms. The first-order chi connectivity index (χ1) is 9.16. The van der Waals surface area contributed by atoms with Crippen LogP contribution in [0.1, 0.15) is 13.3 Å². The molecule has 1 N–H and O–H groups in total. The molecule has 0 saturated carbocycles. The highest BCUT2D eigenvalue weighted by Crippen LogP contribution is 2.22. The van der Waals surface area contributed by atoms with Crippen LogP contribution in [0.5, 0.6) is 0 Å². The predicted molar refractivity (Wildman–Crippen MR) is 77.6 cm³/mol. The molecule has 0 atom stereocenters. The quantitative estimate of drug-likeness (QED) is 0.922. The Morgan fingerprint density at radius 2 is 2.05 bits per heavy atom. The third kappa shape index (κ3) is 3.86. The Hall–Kier alpha value is -1.75. The minimum Gasteiger partial charge on any atom is -0.326 e. The van der Waals surface area contributed by atoms with E-state index in [4.69, 9.17) is 0 Å². The summed E-state index contributed by atoms with van der Waals surface area (Å²) in [5, 5.41) is 4.72. The van der Waals surface area contributed by atoms with Crippen molar-refractivity contribution < 1.29 is 9.59 Å². The molecule has 2 rings (SSSR count). The Balaban J connectivity index is 1.98. The number of nitrogens with zero attached hydrogens (tertiary/aromatic N) is 1. The molecular formula is C14H16N2O2S. The number of benzene rings is 1. The topological polar surface area (TPSA) is 49.4 Å². The second kappa shape index (κ2) is 6.43. The maximum absolute atomic E-state index is 11.9. The van der Waals surface area contributed by atoms with Gasteiger partial charge in [0.2, 0.25) is 11.8 Å². The van der Waals surface area contributed by atoms with Gasteiger partial charge in [-0.15, -0.1) is 11.8 Å². The second-order valence-electron chi connectivity index (χ2n) is 4.24. The highest BCUT2D eigenvalue weighted by molar-refractivity contribution is 8.02. The lowest BCUT2D eigenvalue weighted by Crippen LogP contribution is -2.33. The Morgan fingerprint density at radius 3 is 2.74 bits per heavy atom. The van der Waals surface area contributed by atoms with Gasteiger partial charge in [0.05, 0.1) is 6.42 Å². The summed E-state index contributed by atoms with van der Waals surface area (Å²) >= 11 is 1.64. The van der Waals surface area contributed by atoms with Crippen molar-refractivity contribution in [3.05, 3.63) is 41.4 Å². The zero-order chi connectivity index (χ0) is 13.7. The first-order valence-corrected chi connectivity index (χ1v) is 7.15. The number of amides is 2. The van der Waals surface area contributed by atoms with E-state index in [1.165, 1.54) is 6.92 Å². The van der Waals surface area contributed by atoms with Crippen LogP contribution >= 0.6 is 11.8 Å². The average molecular weight is 276 g/mol. The van der Waals surface area contributed by atoms with Crippen molar-refractivity contribution in [2.75, 3.05) is 17.6 Å². The maximum atomic E-state index is 11.9. The van der Waals surface area contributed by atoms with Crippen LogP contribution < -0.4 is 5.32 Å². The molecule has 2 amide bonds. The molecule has 19 heavy (non-hydrogen) atoms. The third-order valence-corrected chi connectivity index (χ3v) is 3.64. The van der Waals surface area contributed by atoms with E-state index in [2.05, 4.69) is 5.32 Å². The van der Waals surface area contributed by atoms with Crippen molar-refractivity contribution in [2.24, 2.45) is 0 Å². The number of nitrogens with one attached hydrogen (secondary N) is 1. The number of carbonyl (C=O) groups excluding carboxylic acids is 2. The Bertz CT molecular complexity index is 499. The van der Waals surface area contributed by atoms with Crippen LogP contribution in [0.2, 0.25) is 0 Å². The SMILES string of the molecule is CC(=O)N1CCSC=C1CC(=O)Nc1ccccc1. The molecule has 100 valence electrons. The molecule has 0 unspecified atom stereocenters. The molecule has 0 aliphatic carbocycles. The molecule has 1 heterocycles. The zero-order valence-electron chi connectivity index (χ0n) is 10.8. The molecule has 1 aromatic carbocycles. The van der Waals surface area contributed by atoms with Crippen LogP contribution in [0.4, 0.5) is 5.69 Å². The minimum atomic E-state index is -0.105. The Kier molecular flexibility index (Phi) is 4.63. The van der Waals surface area contributed by atoms with Crippen LogP contribution in [-0.4, -0.2) is 29.0 Å². The molecule has 4 nitrogen and oxygen atoms in total. The first kappa shape index (κ1) is 13.7. The fourth-order valence-electron chi connectivity index (χ4n) is 1.89. The van der Waals surface area contributed by atoms with E-state index in [0.717, 1.165) is 17.1 Å². The summed E-state index contributed by atoms with van der Waals surface area (Å²) in [5.41, 5.74) is 1.54. The number of rotatable bonds is 3. The van der Waals surface area contributed by atoms with E-state index in [1.807, 2.05) is 35.7 Å². The monoisotopic (exact) mass is 276 g/mol. The zero-order valence-corrected chi connectivity index (χ0v) is 11.6. The standard InChI is InChI=1S/C14H16N2O2S/c1-11(17)16-7-8-19-10-13(16)9-14(18)15-12-5-3-2-4-6-12/h2-6,10H,7-9H2,1H3,(H,15,18). The molecule has 0 spiro atoms. The minimum absolute atomic E-state index is 0.0148. The van der Waals surface area contributed by atoms with Gasteiger partial charge in [-0.05, 0) is 17.5 Å². The average Bonchev–Trinajstić information content (AvgIpc) is 2.40. The van der Waals surface area contributed by atoms with Crippen molar-refractivity contribution in [2.45, 2.75) is 13.3 Å². The fraction of sp³-hybridized carbons (Fsp3) is 0.286. The molecule has 1 aromatic rings. The lowest BCUT2D eigenvalue weighted by molar-refractivity contribution is -0.127. The van der Waals surface area contributed by atoms with Crippen molar-refractivity contribution in [3.8, 4) is 0 Å². The van der Waals surface area contributed by atoms with E-state index in [9.17, 15) is 9.59 Å². The van der Waals surface area contributed by atoms with Crippen molar-refractivity contribution in [1.29, 1.82) is 0 Å². The fourth-order valence-corrected chi connectivity index (χ4v) is 2.70. The molecule has 0 bridgehead atoms. The first-order valence-electron chi connectivity index (χ1n) is 6.10. The van der Waals surface area contributed by atoms with Crippen LogP contribution in [-0.2, 0) is 9.59 Å². The number of carbonyl (C=O) groups is 2. The summed E-state index contributed by atoms with van der Waals surface area (Å²) in [5.74, 6) is 0.758. The summed E-state index contributed by atoms with van der Waals surface area (Å²) in [7, 11) is 0. The van der Waals surface area contributed by atoms with Crippen LogP contribution in [0, 0.1) is 0 Å². The highest BCUT2D eigenvalue weighted by atomic mass is 32.2. The van der Waals surface area contributed by atoms with E-state index < -0.39 is 0 Å². The largest absolute Gasteiger partial charge is 0.326 e. The van der Waals surface area contributed by atoms with E-state index in [0.29, 0.717) is 6.54 Å². The number of hydrogen-bond acceptors (Lipinski definition) is 3. The van der Waals surface area contributed by atoms with Gasteiger partial charge in [-0.25, -0.2) is 0 Å². The van der Waals surface area contributed by atoms with Gasteiger partial charge in [-0.1, -0.05) is 18.2 Å². The molecule has 0 aromatic heterocycles. The summed E-state index contributed by atoms with van der Waals surface area (Å²) < 4.78 is 0. The van der Waals surface area contributed by atoms with E-state index in [1.54, 1.807) is 16.7 Å². The van der Waals surface area contributed by atoms with Gasteiger partial charge in [0.1, 0.15) is 0 Å². The second-order valence-corrected chi connectivity index (χ2v) is 5.22. The molecule has 1 aliphatic rings. The third-order valence-electron chi connectivity index (χ3n) is 2.78. The number of anilines is 1. The summed E-state index contributed by atoms with van der Waals surface area (Å²) in [6, 6.07) is 9.31. The Labute approximate surface area is 116 Å². The van der Waals surface area contributed by atoms with Gasteiger partial charge >= 0.3 is 0 Å². The van der Waals surface area contributed by atoms with Gasteiger partial charge in [0.25, 0.3) is 0 Å². The highest BCUT2D eigenvalue weighted by Gasteiger charge is 2.19. The number of hydrogen-bond donors (Lipinski definition) is 1. The van der Waals surface area contributed by atoms with Gasteiger partial charge < -0.3 is 10.2 Å². The van der Waals surface area contributed by atoms with Crippen molar-refractivity contribution in [1.82, 2.24) is 4.90 Å². The van der Waals surface area contributed by atoms with Gasteiger partial charge in [-0.3, -0.25) is 9.59 Å². The van der Waals surface area contributed by atoms with Crippen molar-refractivity contribution >= 4 is 29.3 Å². The van der Waals surface area contributed by atoms with Gasteiger partial charge in [-0.2, -0.15) is 0 Å². The number of thioether (sulfide) groups is 1. The van der Waals surface area contributed by atoms with Crippen LogP contribution in [0.15, 0.2) is 41.4 Å². The van der Waals surface area contributed by atoms with Gasteiger partial charge in [0, 0.05) is 30.6 Å². The normalized spacial score (nSPS) is 14.8. The lowest BCUT2D eigenvalue weighted by atomic mass is 10.2. The van der Waals surface area contributed by atoms with E-state index in [-0.39, 0.29) is 18.2 Å². The maximum Gasteiger partial charge on any atom is 0.230 e. The molecule has 0 saturated heterocycles. The predicted octanol–water partition coefficient (Wildman–Crippen LogP) is 2.45. The smallest absolute Gasteiger partial charge is 0.230 e. The summed E-state index contributed by atoms with van der Waals surface area (Å²) in [6.07, 6.45) is 0.224. The van der Waals surface area contributed by atoms with Crippen LogP contribution in [0.25, 0.3) is 0 Å². The van der Waals surface area contributed by atoms with E-state index >= 15 is 0 Å².